The third-order valence-corrected chi connectivity index (χ3v) is 8.33. The molecule has 0 unspecified atom stereocenters. The molecule has 2 N–H and O–H groups in total. The number of hydrogen-bond acceptors (Lipinski definition) is 2. The Kier molecular flexibility index (Phi) is 12.3. The van der Waals surface area contributed by atoms with Gasteiger partial charge >= 0.3 is 0 Å². The highest BCUT2D eigenvalue weighted by atomic mass is 28.4. The van der Waals surface area contributed by atoms with Crippen molar-refractivity contribution in [3.8, 4) is 0 Å². The Morgan fingerprint density at radius 3 is 1.56 bits per heavy atom. The van der Waals surface area contributed by atoms with Crippen molar-refractivity contribution < 1.29 is 4.43 Å². The van der Waals surface area contributed by atoms with Crippen LogP contribution < -0.4 is 5.73 Å². The summed E-state index contributed by atoms with van der Waals surface area (Å²) in [5, 5.41) is 0. The van der Waals surface area contributed by atoms with E-state index in [1.165, 1.54) is 56.7 Å². The van der Waals surface area contributed by atoms with E-state index in [0.29, 0.717) is 0 Å². The zero-order valence-electron chi connectivity index (χ0n) is 13.0. The van der Waals surface area contributed by atoms with Crippen molar-refractivity contribution in [2.45, 2.75) is 83.8 Å². The van der Waals surface area contributed by atoms with E-state index in [2.05, 4.69) is 20.8 Å². The van der Waals surface area contributed by atoms with E-state index >= 15 is 0 Å². The molecule has 0 aromatic heterocycles. The Balaban J connectivity index is 4.41. The van der Waals surface area contributed by atoms with Gasteiger partial charge in [-0.2, -0.15) is 0 Å². The lowest BCUT2D eigenvalue weighted by Gasteiger charge is -2.32. The van der Waals surface area contributed by atoms with Crippen LogP contribution in [0.15, 0.2) is 0 Å². The van der Waals surface area contributed by atoms with Crippen LogP contribution in [0, 0.1) is 0 Å². The van der Waals surface area contributed by atoms with Gasteiger partial charge in [0.05, 0.1) is 0 Å². The van der Waals surface area contributed by atoms with Gasteiger partial charge in [-0.3, -0.25) is 0 Å². The predicted octanol–water partition coefficient (Wildman–Crippen LogP) is 4.70. The minimum absolute atomic E-state index is 0.764. The molecule has 0 aliphatic carbocycles. The summed E-state index contributed by atoms with van der Waals surface area (Å²) in [7, 11) is -1.45. The van der Waals surface area contributed by atoms with E-state index in [1.807, 2.05) is 0 Å². The second-order valence-corrected chi connectivity index (χ2v) is 9.64. The normalized spacial score (nSPS) is 12.0. The molecule has 2 nitrogen and oxygen atoms in total. The highest BCUT2D eigenvalue weighted by molar-refractivity contribution is 6.73. The quantitative estimate of drug-likeness (QED) is 0.390. The summed E-state index contributed by atoms with van der Waals surface area (Å²) in [6.45, 7) is 8.54. The van der Waals surface area contributed by atoms with Crippen LogP contribution in [0.1, 0.15) is 65.7 Å². The topological polar surface area (TPSA) is 35.2 Å². The summed E-state index contributed by atoms with van der Waals surface area (Å²) >= 11 is 0. The maximum absolute atomic E-state index is 6.44. The minimum Gasteiger partial charge on any atom is -0.417 e. The zero-order valence-corrected chi connectivity index (χ0v) is 14.0. The lowest BCUT2D eigenvalue weighted by molar-refractivity contribution is 0.290. The van der Waals surface area contributed by atoms with E-state index in [0.717, 1.165) is 19.6 Å². The Bertz CT molecular complexity index is 154. The van der Waals surface area contributed by atoms with E-state index in [4.69, 9.17) is 10.2 Å². The molecule has 110 valence electrons. The van der Waals surface area contributed by atoms with Gasteiger partial charge in [-0.1, -0.05) is 59.3 Å². The standard InChI is InChI=1S/C15H35NOSi/c1-4-7-13-18(14-8-5-2,15-9-6-3)17-12-10-11-16/h4-16H2,1-3H3. The van der Waals surface area contributed by atoms with Crippen molar-refractivity contribution in [1.82, 2.24) is 0 Å². The summed E-state index contributed by atoms with van der Waals surface area (Å²) in [6, 6.07) is 4.11. The molecule has 0 amide bonds. The number of rotatable bonds is 13. The first-order valence-electron chi connectivity index (χ1n) is 8.08. The van der Waals surface area contributed by atoms with Crippen LogP contribution in [0.2, 0.25) is 18.1 Å². The number of unbranched alkanes of at least 4 members (excludes halogenated alkanes) is 3. The molecule has 0 atom stereocenters. The molecular weight excluding hydrogens is 238 g/mol. The van der Waals surface area contributed by atoms with Crippen LogP contribution >= 0.6 is 0 Å². The predicted molar refractivity (Wildman–Crippen MR) is 84.5 cm³/mol. The Morgan fingerprint density at radius 2 is 1.22 bits per heavy atom. The van der Waals surface area contributed by atoms with Crippen LogP contribution in [-0.2, 0) is 4.43 Å². The van der Waals surface area contributed by atoms with Gasteiger partial charge in [-0.05, 0) is 31.1 Å². The average molecular weight is 274 g/mol. The summed E-state index contributed by atoms with van der Waals surface area (Å²) in [5.74, 6) is 0. The van der Waals surface area contributed by atoms with Crippen molar-refractivity contribution in [3.05, 3.63) is 0 Å². The van der Waals surface area contributed by atoms with Crippen molar-refractivity contribution in [1.29, 1.82) is 0 Å². The van der Waals surface area contributed by atoms with Crippen LogP contribution in [0.25, 0.3) is 0 Å². The molecule has 0 radical (unpaired) electrons. The Labute approximate surface area is 116 Å². The first-order chi connectivity index (χ1) is 8.74. The lowest BCUT2D eigenvalue weighted by Crippen LogP contribution is -2.38. The molecule has 0 bridgehead atoms. The largest absolute Gasteiger partial charge is 0.417 e. The van der Waals surface area contributed by atoms with Crippen molar-refractivity contribution in [2.24, 2.45) is 5.73 Å². The first-order valence-corrected chi connectivity index (χ1v) is 10.6. The van der Waals surface area contributed by atoms with Gasteiger partial charge in [0.1, 0.15) is 0 Å². The third-order valence-electron chi connectivity index (χ3n) is 3.71. The molecule has 0 saturated heterocycles. The maximum atomic E-state index is 6.44. The van der Waals surface area contributed by atoms with Crippen LogP contribution in [0.3, 0.4) is 0 Å². The van der Waals surface area contributed by atoms with Crippen LogP contribution in [0.4, 0.5) is 0 Å². The molecule has 0 aliphatic heterocycles. The molecule has 0 aromatic carbocycles. The maximum Gasteiger partial charge on any atom is 0.192 e. The fourth-order valence-electron chi connectivity index (χ4n) is 2.46. The molecule has 3 heteroatoms. The molecular formula is C15H35NOSi. The minimum atomic E-state index is -1.45. The fourth-order valence-corrected chi connectivity index (χ4v) is 7.21. The van der Waals surface area contributed by atoms with Gasteiger partial charge in [0.15, 0.2) is 8.32 Å². The van der Waals surface area contributed by atoms with Crippen LogP contribution in [-0.4, -0.2) is 21.5 Å². The van der Waals surface area contributed by atoms with Crippen molar-refractivity contribution in [3.63, 3.8) is 0 Å². The molecule has 0 aliphatic rings. The van der Waals surface area contributed by atoms with Gasteiger partial charge in [0.25, 0.3) is 0 Å². The summed E-state index contributed by atoms with van der Waals surface area (Å²) in [4.78, 5) is 0. The average Bonchev–Trinajstić information content (AvgIpc) is 2.40. The second kappa shape index (κ2) is 12.2. The van der Waals surface area contributed by atoms with E-state index < -0.39 is 8.32 Å². The van der Waals surface area contributed by atoms with Gasteiger partial charge in [0, 0.05) is 6.61 Å². The first kappa shape index (κ1) is 18.1. The monoisotopic (exact) mass is 273 g/mol. The highest BCUT2D eigenvalue weighted by Gasteiger charge is 2.32. The van der Waals surface area contributed by atoms with E-state index in [-0.39, 0.29) is 0 Å². The number of hydrogen-bond donors (Lipinski definition) is 1. The highest BCUT2D eigenvalue weighted by Crippen LogP contribution is 2.29. The molecule has 18 heavy (non-hydrogen) atoms. The van der Waals surface area contributed by atoms with Crippen molar-refractivity contribution >= 4 is 8.32 Å². The molecule has 0 heterocycles. The summed E-state index contributed by atoms with van der Waals surface area (Å²) < 4.78 is 6.44. The Hall–Kier alpha value is 0.137. The zero-order chi connectivity index (χ0) is 13.7. The Morgan fingerprint density at radius 1 is 0.778 bits per heavy atom. The van der Waals surface area contributed by atoms with E-state index in [1.54, 1.807) is 0 Å². The molecule has 0 fully saturated rings. The SMILES string of the molecule is CCCC[Si](CCCC)(CCCC)OCCCN. The van der Waals surface area contributed by atoms with E-state index in [9.17, 15) is 0 Å². The van der Waals surface area contributed by atoms with Gasteiger partial charge in [0.2, 0.25) is 0 Å². The third kappa shape index (κ3) is 8.28. The van der Waals surface area contributed by atoms with Gasteiger partial charge in [-0.25, -0.2) is 0 Å². The van der Waals surface area contributed by atoms with Gasteiger partial charge in [-0.15, -0.1) is 0 Å². The fraction of sp³-hybridized carbons (Fsp3) is 1.00. The summed E-state index contributed by atoms with van der Waals surface area (Å²) in [5.41, 5.74) is 5.59. The molecule has 0 saturated carbocycles. The summed E-state index contributed by atoms with van der Waals surface area (Å²) in [6.07, 6.45) is 8.97. The molecule has 0 aromatic rings. The molecule has 0 spiro atoms. The lowest BCUT2D eigenvalue weighted by atomic mass is 10.4. The number of nitrogens with two attached hydrogens (primary N) is 1. The smallest absolute Gasteiger partial charge is 0.192 e. The van der Waals surface area contributed by atoms with Gasteiger partial charge < -0.3 is 10.2 Å². The van der Waals surface area contributed by atoms with Crippen LogP contribution in [0.5, 0.6) is 0 Å². The molecule has 0 rings (SSSR count). The van der Waals surface area contributed by atoms with Crippen molar-refractivity contribution in [2.75, 3.05) is 13.2 Å². The second-order valence-electron chi connectivity index (χ2n) is 5.48.